The molecular weight excluding hydrogens is 717 g/mol. The molecular formula is C52H40N2S2. The summed E-state index contributed by atoms with van der Waals surface area (Å²) in [5.41, 5.74) is 13.1. The first-order valence-electron chi connectivity index (χ1n) is 19.8. The van der Waals surface area contributed by atoms with Gasteiger partial charge in [0.25, 0.3) is 0 Å². The van der Waals surface area contributed by atoms with Crippen LogP contribution in [-0.2, 0) is 10.8 Å². The predicted molar refractivity (Wildman–Crippen MR) is 244 cm³/mol. The Labute approximate surface area is 335 Å². The minimum absolute atomic E-state index is 0.0377. The van der Waals surface area contributed by atoms with Crippen LogP contribution < -0.4 is 9.80 Å². The molecule has 2 nitrogen and oxygen atoms in total. The van der Waals surface area contributed by atoms with E-state index in [1.807, 2.05) is 22.7 Å². The summed E-state index contributed by atoms with van der Waals surface area (Å²) in [6.45, 7) is 9.49. The van der Waals surface area contributed by atoms with Gasteiger partial charge in [0, 0.05) is 64.5 Å². The minimum Gasteiger partial charge on any atom is -0.314 e. The second kappa shape index (κ2) is 11.4. The fraction of sp³-hybridized carbons (Fsp3) is 0.154. The fourth-order valence-electron chi connectivity index (χ4n) is 10.4. The molecule has 0 fully saturated rings. The lowest BCUT2D eigenvalue weighted by Gasteiger charge is -2.44. The highest BCUT2D eigenvalue weighted by atomic mass is 32.1. The van der Waals surface area contributed by atoms with Crippen molar-refractivity contribution in [3.05, 3.63) is 174 Å². The van der Waals surface area contributed by atoms with Crippen molar-refractivity contribution in [2.45, 2.75) is 51.4 Å². The molecule has 0 bridgehead atoms. The zero-order chi connectivity index (χ0) is 37.5. The second-order valence-electron chi connectivity index (χ2n) is 16.8. The Morgan fingerprint density at radius 2 is 0.946 bits per heavy atom. The average molecular weight is 757 g/mol. The molecule has 2 aliphatic heterocycles. The zero-order valence-corrected chi connectivity index (χ0v) is 33.6. The summed E-state index contributed by atoms with van der Waals surface area (Å²) in [5.74, 6) is 0. The van der Waals surface area contributed by atoms with Gasteiger partial charge in [0.1, 0.15) is 0 Å². The quantitative estimate of drug-likeness (QED) is 0.173. The van der Waals surface area contributed by atoms with Crippen molar-refractivity contribution in [2.75, 3.05) is 9.80 Å². The molecule has 1 aliphatic carbocycles. The molecule has 0 radical (unpaired) electrons. The normalized spacial score (nSPS) is 16.9. The SMILES string of the molecule is CC1(C)C2=C(CCC=C2)N(c2ccc3c(c2)sc2c4sc5cc(N6c7ccccc7C(C)(C)c7ccccc76)ccc5c4c4ccccc4c32)c2ccccc21. The van der Waals surface area contributed by atoms with Gasteiger partial charge in [0.05, 0.1) is 20.8 Å². The number of nitrogens with zero attached hydrogens (tertiary/aromatic N) is 2. The predicted octanol–water partition coefficient (Wildman–Crippen LogP) is 15.7. The number of hydrogen-bond donors (Lipinski definition) is 0. The smallest absolute Gasteiger partial charge is 0.0540 e. The Kier molecular flexibility index (Phi) is 6.65. The van der Waals surface area contributed by atoms with Crippen molar-refractivity contribution >= 4 is 102 Å². The third-order valence-electron chi connectivity index (χ3n) is 13.1. The Morgan fingerprint density at radius 1 is 0.482 bits per heavy atom. The van der Waals surface area contributed by atoms with Crippen LogP contribution in [0.4, 0.5) is 28.4 Å². The van der Waals surface area contributed by atoms with Crippen LogP contribution in [0.1, 0.15) is 57.2 Å². The summed E-state index contributed by atoms with van der Waals surface area (Å²) < 4.78 is 5.45. The van der Waals surface area contributed by atoms with E-state index in [4.69, 9.17) is 0 Å². The molecule has 12 rings (SSSR count). The first-order chi connectivity index (χ1) is 27.3. The maximum atomic E-state index is 2.57. The van der Waals surface area contributed by atoms with Crippen LogP contribution in [-0.4, -0.2) is 0 Å². The van der Waals surface area contributed by atoms with Crippen molar-refractivity contribution < 1.29 is 0 Å². The lowest BCUT2D eigenvalue weighted by molar-refractivity contribution is 0.603. The second-order valence-corrected chi connectivity index (χ2v) is 18.9. The molecule has 4 heteroatoms. The number of fused-ring (bicyclic) bond motifs is 13. The molecule has 0 atom stereocenters. The molecule has 4 heterocycles. The molecule has 0 amide bonds. The van der Waals surface area contributed by atoms with Crippen LogP contribution >= 0.6 is 22.7 Å². The number of thiophene rings is 2. The standard InChI is InChI=1S/C52H40N2S2/c1-51(2)37-17-7-11-21-41(37)53(42-22-12-8-18-38(42)51)31-25-27-35-45(29-31)55-49-47(35)33-15-5-6-16-34(33)48-36-28-26-32(30-46(36)56-50(48)49)54-43-23-13-9-19-39(43)52(3,4)40-20-10-14-24-44(40)54/h5-13,15-23,25-30H,14,24H2,1-4H3. The van der Waals surface area contributed by atoms with Gasteiger partial charge in [0.2, 0.25) is 0 Å². The number of para-hydroxylation sites is 3. The molecule has 0 N–H and O–H groups in total. The molecule has 7 aromatic carbocycles. The molecule has 0 unspecified atom stereocenters. The van der Waals surface area contributed by atoms with E-state index >= 15 is 0 Å². The van der Waals surface area contributed by atoms with Crippen molar-refractivity contribution in [1.29, 1.82) is 0 Å². The van der Waals surface area contributed by atoms with Gasteiger partial charge in [-0.3, -0.25) is 0 Å². The Morgan fingerprint density at radius 3 is 1.50 bits per heavy atom. The topological polar surface area (TPSA) is 6.48 Å². The molecule has 270 valence electrons. The van der Waals surface area contributed by atoms with E-state index in [1.54, 1.807) is 0 Å². The van der Waals surface area contributed by atoms with E-state index in [9.17, 15) is 0 Å². The third kappa shape index (κ3) is 4.26. The number of anilines is 5. The largest absolute Gasteiger partial charge is 0.314 e. The molecule has 56 heavy (non-hydrogen) atoms. The number of hydrogen-bond acceptors (Lipinski definition) is 4. The van der Waals surface area contributed by atoms with Crippen LogP contribution in [0.2, 0.25) is 0 Å². The van der Waals surface area contributed by atoms with Crippen molar-refractivity contribution in [1.82, 2.24) is 0 Å². The highest BCUT2D eigenvalue weighted by Gasteiger charge is 2.39. The van der Waals surface area contributed by atoms with Crippen LogP contribution in [0.3, 0.4) is 0 Å². The number of benzene rings is 7. The van der Waals surface area contributed by atoms with E-state index in [-0.39, 0.29) is 10.8 Å². The van der Waals surface area contributed by atoms with Gasteiger partial charge in [-0.25, -0.2) is 0 Å². The van der Waals surface area contributed by atoms with Crippen LogP contribution in [0.25, 0.3) is 51.1 Å². The lowest BCUT2D eigenvalue weighted by Crippen LogP contribution is -2.34. The van der Waals surface area contributed by atoms with Gasteiger partial charge in [-0.15, -0.1) is 22.7 Å². The maximum Gasteiger partial charge on any atom is 0.0540 e. The Bertz CT molecular complexity index is 3170. The average Bonchev–Trinajstić information content (AvgIpc) is 3.80. The molecule has 3 aliphatic rings. The van der Waals surface area contributed by atoms with Crippen molar-refractivity contribution in [3.8, 4) is 0 Å². The molecule has 9 aromatic rings. The van der Waals surface area contributed by atoms with E-state index in [1.165, 1.54) is 108 Å². The third-order valence-corrected chi connectivity index (χ3v) is 15.5. The monoisotopic (exact) mass is 756 g/mol. The van der Waals surface area contributed by atoms with Gasteiger partial charge in [-0.05, 0) is 88.3 Å². The van der Waals surface area contributed by atoms with Crippen LogP contribution in [0, 0.1) is 0 Å². The van der Waals surface area contributed by atoms with Gasteiger partial charge >= 0.3 is 0 Å². The molecule has 0 saturated carbocycles. The summed E-state index contributed by atoms with van der Waals surface area (Å²) in [6.07, 6.45) is 6.87. The van der Waals surface area contributed by atoms with Gasteiger partial charge in [-0.2, -0.15) is 0 Å². The van der Waals surface area contributed by atoms with Crippen LogP contribution in [0.15, 0.2) is 157 Å². The summed E-state index contributed by atoms with van der Waals surface area (Å²) in [6, 6.07) is 50.5. The number of rotatable bonds is 2. The van der Waals surface area contributed by atoms with E-state index < -0.39 is 0 Å². The Hall–Kier alpha value is -5.68. The van der Waals surface area contributed by atoms with Gasteiger partial charge < -0.3 is 9.80 Å². The summed E-state index contributed by atoms with van der Waals surface area (Å²) in [5, 5.41) is 8.12. The Balaban J connectivity index is 1.08. The molecule has 0 spiro atoms. The lowest BCUT2D eigenvalue weighted by atomic mass is 9.71. The summed E-state index contributed by atoms with van der Waals surface area (Å²) >= 11 is 3.92. The summed E-state index contributed by atoms with van der Waals surface area (Å²) in [4.78, 5) is 5.05. The highest BCUT2D eigenvalue weighted by molar-refractivity contribution is 7.33. The van der Waals surface area contributed by atoms with Crippen molar-refractivity contribution in [3.63, 3.8) is 0 Å². The fourth-order valence-corrected chi connectivity index (χ4v) is 13.0. The maximum absolute atomic E-state index is 2.57. The molecule has 0 saturated heterocycles. The minimum atomic E-state index is -0.0857. The summed E-state index contributed by atoms with van der Waals surface area (Å²) in [7, 11) is 0. The van der Waals surface area contributed by atoms with E-state index in [0.29, 0.717) is 0 Å². The zero-order valence-electron chi connectivity index (χ0n) is 32.0. The van der Waals surface area contributed by atoms with E-state index in [0.717, 1.165) is 12.8 Å². The van der Waals surface area contributed by atoms with Crippen molar-refractivity contribution in [2.24, 2.45) is 0 Å². The first-order valence-corrected chi connectivity index (χ1v) is 21.5. The first kappa shape index (κ1) is 32.6. The number of allylic oxidation sites excluding steroid dienone is 4. The van der Waals surface area contributed by atoms with E-state index in [2.05, 4.69) is 183 Å². The van der Waals surface area contributed by atoms with Crippen LogP contribution in [0.5, 0.6) is 0 Å². The van der Waals surface area contributed by atoms with Gasteiger partial charge in [0.15, 0.2) is 0 Å². The molecule has 2 aromatic heterocycles. The highest BCUT2D eigenvalue weighted by Crippen LogP contribution is 2.55. The van der Waals surface area contributed by atoms with Gasteiger partial charge in [-0.1, -0.05) is 131 Å².